The maximum Gasteiger partial charge on any atom is 0.269 e. The number of hydrogen-bond donors (Lipinski definition) is 0. The monoisotopic (exact) mass is 395 g/mol. The Morgan fingerprint density at radius 2 is 1.83 bits per heavy atom. The number of anilines is 1. The Kier molecular flexibility index (Phi) is 5.18. The van der Waals surface area contributed by atoms with Gasteiger partial charge in [-0.2, -0.15) is 0 Å². The molecule has 0 atom stereocenters. The molecule has 8 nitrogen and oxygen atoms in total. The Labute approximate surface area is 167 Å². The van der Waals surface area contributed by atoms with Crippen molar-refractivity contribution < 1.29 is 14.1 Å². The predicted octanol–water partition coefficient (Wildman–Crippen LogP) is 3.03. The third-order valence-electron chi connectivity index (χ3n) is 5.16. The fraction of sp³-hybridized carbons (Fsp3) is 0.286. The summed E-state index contributed by atoms with van der Waals surface area (Å²) in [5, 5.41) is 11.2. The summed E-state index contributed by atoms with van der Waals surface area (Å²) in [6, 6.07) is 13.5. The molecule has 0 unspecified atom stereocenters. The van der Waals surface area contributed by atoms with Crippen molar-refractivity contribution in [3.8, 4) is 5.75 Å². The molecule has 29 heavy (non-hydrogen) atoms. The second kappa shape index (κ2) is 7.92. The van der Waals surface area contributed by atoms with Gasteiger partial charge in [-0.15, -0.1) is 0 Å². The molecule has 0 amide bonds. The molecule has 1 aromatic heterocycles. The van der Waals surface area contributed by atoms with E-state index in [1.807, 2.05) is 0 Å². The van der Waals surface area contributed by atoms with Gasteiger partial charge in [-0.25, -0.2) is 0 Å². The summed E-state index contributed by atoms with van der Waals surface area (Å²) in [7, 11) is 1.53. The van der Waals surface area contributed by atoms with Gasteiger partial charge in [0.15, 0.2) is 11.3 Å². The van der Waals surface area contributed by atoms with Crippen LogP contribution >= 0.6 is 0 Å². The van der Waals surface area contributed by atoms with Gasteiger partial charge in [-0.1, -0.05) is 18.2 Å². The molecule has 1 fully saturated rings. The van der Waals surface area contributed by atoms with E-state index in [0.29, 0.717) is 22.6 Å². The number of nitro benzene ring substituents is 1. The molecule has 0 bridgehead atoms. The van der Waals surface area contributed by atoms with E-state index in [9.17, 15) is 14.9 Å². The molecule has 1 saturated heterocycles. The predicted molar refractivity (Wildman–Crippen MR) is 110 cm³/mol. The maximum atomic E-state index is 12.6. The molecule has 1 aliphatic heterocycles. The van der Waals surface area contributed by atoms with E-state index in [1.54, 1.807) is 30.3 Å². The topological polar surface area (TPSA) is 89.1 Å². The SMILES string of the molecule is COc1cccc2oc(N3CCN(Cc4ccc([N+](=O)[O-])cc4)CC3)cc(=O)c12. The molecule has 150 valence electrons. The lowest BCUT2D eigenvalue weighted by molar-refractivity contribution is -0.384. The van der Waals surface area contributed by atoms with Gasteiger partial charge in [-0.05, 0) is 17.7 Å². The van der Waals surface area contributed by atoms with Gasteiger partial charge in [0.25, 0.3) is 5.69 Å². The van der Waals surface area contributed by atoms with Crippen molar-refractivity contribution >= 4 is 22.5 Å². The Morgan fingerprint density at radius 1 is 1.10 bits per heavy atom. The van der Waals surface area contributed by atoms with Gasteiger partial charge in [0.1, 0.15) is 16.7 Å². The van der Waals surface area contributed by atoms with Crippen LogP contribution in [0.25, 0.3) is 11.0 Å². The van der Waals surface area contributed by atoms with E-state index in [1.165, 1.54) is 25.3 Å². The zero-order valence-corrected chi connectivity index (χ0v) is 16.0. The summed E-state index contributed by atoms with van der Waals surface area (Å²) in [5.74, 6) is 1.07. The highest BCUT2D eigenvalue weighted by molar-refractivity contribution is 5.84. The molecule has 1 aliphatic rings. The summed E-state index contributed by atoms with van der Waals surface area (Å²) in [6.45, 7) is 3.79. The molecule has 0 N–H and O–H groups in total. The average Bonchev–Trinajstić information content (AvgIpc) is 2.74. The molecule has 2 heterocycles. The Bertz CT molecular complexity index is 1090. The molecular weight excluding hydrogens is 374 g/mol. The first-order valence-corrected chi connectivity index (χ1v) is 9.36. The molecule has 0 saturated carbocycles. The third kappa shape index (κ3) is 3.93. The van der Waals surface area contributed by atoms with E-state index in [0.717, 1.165) is 38.3 Å². The van der Waals surface area contributed by atoms with Crippen molar-refractivity contribution in [2.45, 2.75) is 6.54 Å². The van der Waals surface area contributed by atoms with Crippen LogP contribution in [0.1, 0.15) is 5.56 Å². The molecule has 3 aromatic rings. The van der Waals surface area contributed by atoms with Gasteiger partial charge in [0.05, 0.1) is 12.0 Å². The van der Waals surface area contributed by atoms with Crippen molar-refractivity contribution in [3.05, 3.63) is 74.4 Å². The van der Waals surface area contributed by atoms with Crippen LogP contribution in [-0.4, -0.2) is 43.1 Å². The summed E-state index contributed by atoms with van der Waals surface area (Å²) >= 11 is 0. The fourth-order valence-electron chi connectivity index (χ4n) is 3.60. The van der Waals surface area contributed by atoms with Crippen LogP contribution in [0.2, 0.25) is 0 Å². The quantitative estimate of drug-likeness (QED) is 0.484. The zero-order chi connectivity index (χ0) is 20.4. The Hall–Kier alpha value is -3.39. The largest absolute Gasteiger partial charge is 0.496 e. The minimum atomic E-state index is -0.393. The second-order valence-corrected chi connectivity index (χ2v) is 6.97. The highest BCUT2D eigenvalue weighted by Gasteiger charge is 2.21. The van der Waals surface area contributed by atoms with Crippen LogP contribution in [-0.2, 0) is 6.54 Å². The van der Waals surface area contributed by atoms with Gasteiger partial charge in [0.2, 0.25) is 0 Å². The number of hydrogen-bond acceptors (Lipinski definition) is 7. The van der Waals surface area contributed by atoms with Crippen LogP contribution < -0.4 is 15.1 Å². The summed E-state index contributed by atoms with van der Waals surface area (Å²) < 4.78 is 11.2. The molecule has 4 rings (SSSR count). The number of fused-ring (bicyclic) bond motifs is 1. The minimum absolute atomic E-state index is 0.0986. The minimum Gasteiger partial charge on any atom is -0.496 e. The summed E-state index contributed by atoms with van der Waals surface area (Å²) in [5.41, 5.74) is 1.53. The van der Waals surface area contributed by atoms with E-state index in [2.05, 4.69) is 9.80 Å². The fourth-order valence-corrected chi connectivity index (χ4v) is 3.60. The highest BCUT2D eigenvalue weighted by atomic mass is 16.6. The molecule has 0 radical (unpaired) electrons. The number of nitrogens with zero attached hydrogens (tertiary/aromatic N) is 3. The van der Waals surface area contributed by atoms with Crippen molar-refractivity contribution in [1.82, 2.24) is 4.90 Å². The first-order chi connectivity index (χ1) is 14.0. The van der Waals surface area contributed by atoms with Gasteiger partial charge < -0.3 is 14.1 Å². The van der Waals surface area contributed by atoms with E-state index in [4.69, 9.17) is 9.15 Å². The van der Waals surface area contributed by atoms with E-state index >= 15 is 0 Å². The average molecular weight is 395 g/mol. The number of rotatable bonds is 5. The van der Waals surface area contributed by atoms with Gasteiger partial charge in [-0.3, -0.25) is 19.8 Å². The van der Waals surface area contributed by atoms with Crippen LogP contribution in [0.3, 0.4) is 0 Å². The van der Waals surface area contributed by atoms with Gasteiger partial charge in [0, 0.05) is 50.9 Å². The van der Waals surface area contributed by atoms with Crippen molar-refractivity contribution in [2.24, 2.45) is 0 Å². The molecule has 8 heteroatoms. The van der Waals surface area contributed by atoms with Crippen LogP contribution in [0.15, 0.2) is 57.7 Å². The number of non-ortho nitro benzene ring substituents is 1. The lowest BCUT2D eigenvalue weighted by Crippen LogP contribution is -2.46. The number of benzene rings is 2. The van der Waals surface area contributed by atoms with E-state index < -0.39 is 4.92 Å². The van der Waals surface area contributed by atoms with Crippen LogP contribution in [0, 0.1) is 10.1 Å². The maximum absolute atomic E-state index is 12.6. The highest BCUT2D eigenvalue weighted by Crippen LogP contribution is 2.26. The molecule has 0 aliphatic carbocycles. The van der Waals surface area contributed by atoms with Crippen molar-refractivity contribution in [1.29, 1.82) is 0 Å². The summed E-state index contributed by atoms with van der Waals surface area (Å²) in [4.78, 5) is 27.3. The normalized spacial score (nSPS) is 14.9. The zero-order valence-electron chi connectivity index (χ0n) is 16.0. The molecular formula is C21H21N3O5. The lowest BCUT2D eigenvalue weighted by Gasteiger charge is -2.35. The number of nitro groups is 1. The first-order valence-electron chi connectivity index (χ1n) is 9.36. The van der Waals surface area contributed by atoms with Crippen LogP contribution in [0.5, 0.6) is 5.75 Å². The van der Waals surface area contributed by atoms with Crippen molar-refractivity contribution in [2.75, 3.05) is 38.2 Å². The van der Waals surface area contributed by atoms with Crippen LogP contribution in [0.4, 0.5) is 11.6 Å². The Morgan fingerprint density at radius 3 is 2.48 bits per heavy atom. The van der Waals surface area contributed by atoms with Crippen molar-refractivity contribution in [3.63, 3.8) is 0 Å². The third-order valence-corrected chi connectivity index (χ3v) is 5.16. The smallest absolute Gasteiger partial charge is 0.269 e. The lowest BCUT2D eigenvalue weighted by atomic mass is 10.1. The second-order valence-electron chi connectivity index (χ2n) is 6.97. The standard InChI is InChI=1S/C21H21N3O5/c1-28-18-3-2-4-19-21(18)17(25)13-20(29-19)23-11-9-22(10-12-23)14-15-5-7-16(8-6-15)24(26)27/h2-8,13H,9-12,14H2,1H3. The number of piperazine rings is 1. The molecule has 0 spiro atoms. The Balaban J connectivity index is 1.44. The summed E-state index contributed by atoms with van der Waals surface area (Å²) in [6.07, 6.45) is 0. The van der Waals surface area contributed by atoms with E-state index in [-0.39, 0.29) is 11.1 Å². The number of methoxy groups -OCH3 is 1. The molecule has 2 aromatic carbocycles. The first kappa shape index (κ1) is 18.9. The number of ether oxygens (including phenoxy) is 1. The van der Waals surface area contributed by atoms with Gasteiger partial charge >= 0.3 is 0 Å².